The van der Waals surface area contributed by atoms with Crippen molar-refractivity contribution >= 4 is 15.7 Å². The molecule has 1 aliphatic heterocycles. The van der Waals surface area contributed by atoms with E-state index < -0.39 is 20.7 Å². The maximum absolute atomic E-state index is 13.8. The Morgan fingerprint density at radius 2 is 2.00 bits per heavy atom. The lowest BCUT2D eigenvalue weighted by molar-refractivity contribution is 0.143. The van der Waals surface area contributed by atoms with Crippen LogP contribution in [0.2, 0.25) is 0 Å². The number of hydrogen-bond donors (Lipinski definition) is 2. The molecular weight excluding hydrogens is 293 g/mol. The van der Waals surface area contributed by atoms with Crippen molar-refractivity contribution in [1.82, 2.24) is 9.62 Å². The molecule has 0 saturated carbocycles. The number of piperidine rings is 1. The summed E-state index contributed by atoms with van der Waals surface area (Å²) in [5, 5.41) is 0. The number of rotatable bonds is 4. The van der Waals surface area contributed by atoms with Gasteiger partial charge in [0, 0.05) is 6.54 Å². The highest BCUT2D eigenvalue weighted by atomic mass is 32.2. The van der Waals surface area contributed by atoms with Crippen molar-refractivity contribution in [2.24, 2.45) is 5.41 Å². The van der Waals surface area contributed by atoms with Gasteiger partial charge in [-0.1, -0.05) is 13.0 Å². The first-order valence-corrected chi connectivity index (χ1v) is 8.44. The number of nitrogen functional groups attached to an aromatic ring is 1. The zero-order valence-electron chi connectivity index (χ0n) is 12.4. The fourth-order valence-electron chi connectivity index (χ4n) is 2.49. The van der Waals surface area contributed by atoms with E-state index in [1.54, 1.807) is 0 Å². The van der Waals surface area contributed by atoms with Gasteiger partial charge >= 0.3 is 0 Å². The summed E-state index contributed by atoms with van der Waals surface area (Å²) in [4.78, 5) is 1.76. The second-order valence-corrected chi connectivity index (χ2v) is 7.80. The maximum Gasteiger partial charge on any atom is 0.245 e. The number of anilines is 1. The second kappa shape index (κ2) is 5.90. The molecule has 0 spiro atoms. The molecule has 1 fully saturated rings. The number of hydrogen-bond acceptors (Lipinski definition) is 4. The van der Waals surface area contributed by atoms with Crippen molar-refractivity contribution in [3.8, 4) is 0 Å². The number of nitrogens with zero attached hydrogens (tertiary/aromatic N) is 1. The van der Waals surface area contributed by atoms with Gasteiger partial charge in [-0.15, -0.1) is 0 Å². The van der Waals surface area contributed by atoms with Crippen LogP contribution in [0.25, 0.3) is 0 Å². The highest BCUT2D eigenvalue weighted by Crippen LogP contribution is 2.30. The van der Waals surface area contributed by atoms with Crippen LogP contribution in [0.5, 0.6) is 0 Å². The lowest BCUT2D eigenvalue weighted by atomic mass is 9.81. The number of sulfonamides is 1. The van der Waals surface area contributed by atoms with Crippen molar-refractivity contribution in [2.75, 3.05) is 32.4 Å². The summed E-state index contributed by atoms with van der Waals surface area (Å²) in [5.41, 5.74) is 5.42. The molecule has 1 saturated heterocycles. The van der Waals surface area contributed by atoms with Gasteiger partial charge in [-0.25, -0.2) is 17.5 Å². The Balaban J connectivity index is 2.12. The van der Waals surface area contributed by atoms with Gasteiger partial charge < -0.3 is 10.6 Å². The minimum absolute atomic E-state index is 0.0731. The minimum Gasteiger partial charge on any atom is -0.398 e. The molecule has 0 bridgehead atoms. The van der Waals surface area contributed by atoms with E-state index in [2.05, 4.69) is 9.62 Å². The van der Waals surface area contributed by atoms with Crippen molar-refractivity contribution in [2.45, 2.75) is 24.7 Å². The standard InChI is InChI=1S/C14H22FN3O2S/c1-14(6-8-18(2)9-7-14)10-17-21(19,20)13-11(15)4-3-5-12(13)16/h3-5,17H,6-10,16H2,1-2H3. The van der Waals surface area contributed by atoms with Crippen LogP contribution in [0.1, 0.15) is 19.8 Å². The first-order chi connectivity index (χ1) is 9.73. The molecule has 1 aromatic carbocycles. The molecule has 0 aromatic heterocycles. The van der Waals surface area contributed by atoms with Crippen molar-refractivity contribution in [3.63, 3.8) is 0 Å². The summed E-state index contributed by atoms with van der Waals surface area (Å²) in [7, 11) is -1.89. The van der Waals surface area contributed by atoms with E-state index in [1.165, 1.54) is 12.1 Å². The first kappa shape index (κ1) is 16.2. The Morgan fingerprint density at radius 1 is 1.38 bits per heavy atom. The smallest absolute Gasteiger partial charge is 0.245 e. The lowest BCUT2D eigenvalue weighted by Crippen LogP contribution is -2.43. The largest absolute Gasteiger partial charge is 0.398 e. The van der Waals surface area contributed by atoms with Gasteiger partial charge in [0.1, 0.15) is 10.7 Å². The second-order valence-electron chi connectivity index (χ2n) is 6.10. The Hall–Kier alpha value is -1.18. The predicted molar refractivity (Wildman–Crippen MR) is 80.8 cm³/mol. The summed E-state index contributed by atoms with van der Waals surface area (Å²) < 4.78 is 40.8. The molecule has 0 atom stereocenters. The highest BCUT2D eigenvalue weighted by Gasteiger charge is 2.31. The summed E-state index contributed by atoms with van der Waals surface area (Å²) in [5.74, 6) is -0.823. The predicted octanol–water partition coefficient (Wildman–Crippen LogP) is 1.42. The average Bonchev–Trinajstić information content (AvgIpc) is 2.40. The zero-order chi connectivity index (χ0) is 15.7. The van der Waals surface area contributed by atoms with Crippen LogP contribution in [-0.2, 0) is 10.0 Å². The number of benzene rings is 1. The molecule has 0 amide bonds. The molecule has 1 heterocycles. The number of likely N-dealkylation sites (tertiary alicyclic amines) is 1. The molecule has 3 N–H and O–H groups in total. The lowest BCUT2D eigenvalue weighted by Gasteiger charge is -2.37. The molecule has 2 rings (SSSR count). The molecule has 1 aromatic rings. The third-order valence-corrected chi connectivity index (χ3v) is 5.64. The molecule has 0 unspecified atom stereocenters. The van der Waals surface area contributed by atoms with Crippen LogP contribution < -0.4 is 10.5 Å². The molecule has 0 radical (unpaired) electrons. The Kier molecular flexibility index (Phi) is 4.55. The fraction of sp³-hybridized carbons (Fsp3) is 0.571. The Morgan fingerprint density at radius 3 is 2.57 bits per heavy atom. The summed E-state index contributed by atoms with van der Waals surface area (Å²) in [6.45, 7) is 4.20. The van der Waals surface area contributed by atoms with E-state index in [4.69, 9.17) is 5.73 Å². The first-order valence-electron chi connectivity index (χ1n) is 6.96. The SMILES string of the molecule is CN1CCC(C)(CNS(=O)(=O)c2c(N)cccc2F)CC1. The van der Waals surface area contributed by atoms with E-state index in [0.29, 0.717) is 0 Å². The van der Waals surface area contributed by atoms with Crippen LogP contribution in [0.4, 0.5) is 10.1 Å². The van der Waals surface area contributed by atoms with Crippen LogP contribution in [0, 0.1) is 11.2 Å². The summed E-state index contributed by atoms with van der Waals surface area (Å²) in [6, 6.07) is 3.87. The number of nitrogens with one attached hydrogen (secondary N) is 1. The van der Waals surface area contributed by atoms with Crippen LogP contribution >= 0.6 is 0 Å². The quantitative estimate of drug-likeness (QED) is 0.824. The van der Waals surface area contributed by atoms with E-state index in [1.807, 2.05) is 14.0 Å². The summed E-state index contributed by atoms with van der Waals surface area (Å²) >= 11 is 0. The average molecular weight is 315 g/mol. The maximum atomic E-state index is 13.8. The third-order valence-electron chi connectivity index (χ3n) is 4.15. The van der Waals surface area contributed by atoms with Crippen molar-refractivity contribution in [3.05, 3.63) is 24.0 Å². The van der Waals surface area contributed by atoms with Crippen LogP contribution in [-0.4, -0.2) is 40.0 Å². The molecule has 5 nitrogen and oxygen atoms in total. The van der Waals surface area contributed by atoms with Gasteiger partial charge in [0.2, 0.25) is 10.0 Å². The molecule has 118 valence electrons. The van der Waals surface area contributed by atoms with E-state index in [0.717, 1.165) is 32.0 Å². The van der Waals surface area contributed by atoms with E-state index in [-0.39, 0.29) is 17.6 Å². The monoisotopic (exact) mass is 315 g/mol. The van der Waals surface area contributed by atoms with Crippen molar-refractivity contribution < 1.29 is 12.8 Å². The van der Waals surface area contributed by atoms with E-state index in [9.17, 15) is 12.8 Å². The topological polar surface area (TPSA) is 75.4 Å². The molecule has 21 heavy (non-hydrogen) atoms. The Bertz CT molecular complexity index is 590. The Labute approximate surface area is 125 Å². The van der Waals surface area contributed by atoms with Crippen LogP contribution in [0.15, 0.2) is 23.1 Å². The molecule has 1 aliphatic rings. The highest BCUT2D eigenvalue weighted by molar-refractivity contribution is 7.89. The molecule has 0 aliphatic carbocycles. The normalized spacial score (nSPS) is 19.6. The van der Waals surface area contributed by atoms with Gasteiger partial charge in [-0.3, -0.25) is 0 Å². The van der Waals surface area contributed by atoms with E-state index >= 15 is 0 Å². The van der Waals surface area contributed by atoms with Gasteiger partial charge in [-0.2, -0.15) is 0 Å². The molecule has 7 heteroatoms. The summed E-state index contributed by atoms with van der Waals surface area (Å²) in [6.07, 6.45) is 1.80. The number of nitrogens with two attached hydrogens (primary N) is 1. The van der Waals surface area contributed by atoms with Gasteiger partial charge in [0.15, 0.2) is 0 Å². The van der Waals surface area contributed by atoms with Gasteiger partial charge in [0.25, 0.3) is 0 Å². The zero-order valence-corrected chi connectivity index (χ0v) is 13.2. The van der Waals surface area contributed by atoms with Crippen molar-refractivity contribution in [1.29, 1.82) is 0 Å². The van der Waals surface area contributed by atoms with Crippen LogP contribution in [0.3, 0.4) is 0 Å². The van der Waals surface area contributed by atoms with Gasteiger partial charge in [-0.05, 0) is 50.5 Å². The number of halogens is 1. The third kappa shape index (κ3) is 3.72. The van der Waals surface area contributed by atoms with Gasteiger partial charge in [0.05, 0.1) is 5.69 Å². The fourth-order valence-corrected chi connectivity index (χ4v) is 3.87. The molecular formula is C14H22FN3O2S. The minimum atomic E-state index is -3.94.